The third-order valence-electron chi connectivity index (χ3n) is 6.19. The number of anilines is 1. The molecule has 2 heterocycles. The summed E-state index contributed by atoms with van der Waals surface area (Å²) in [5.41, 5.74) is 9.35. The summed E-state index contributed by atoms with van der Waals surface area (Å²) in [7, 11) is 2.12. The van der Waals surface area contributed by atoms with E-state index in [1.54, 1.807) is 0 Å². The minimum absolute atomic E-state index is 0.421. The number of hydrogen-bond acceptors (Lipinski definition) is 1. The minimum Gasteiger partial charge on any atom is -0.384 e. The van der Waals surface area contributed by atoms with Gasteiger partial charge in [0, 0.05) is 48.0 Å². The van der Waals surface area contributed by atoms with Crippen LogP contribution in [0.4, 0.5) is 5.69 Å². The fourth-order valence-electron chi connectivity index (χ4n) is 4.46. The summed E-state index contributed by atoms with van der Waals surface area (Å²) in [6, 6.07) is 11.3. The van der Waals surface area contributed by atoms with Crippen molar-refractivity contribution in [3.8, 4) is 0 Å². The molecular formula is C25H31N3. The molecule has 0 radical (unpaired) electrons. The highest BCUT2D eigenvalue weighted by atomic mass is 14.9. The van der Waals surface area contributed by atoms with Crippen molar-refractivity contribution in [3.63, 3.8) is 0 Å². The summed E-state index contributed by atoms with van der Waals surface area (Å²) in [4.78, 5) is 3.38. The summed E-state index contributed by atoms with van der Waals surface area (Å²) >= 11 is 0. The van der Waals surface area contributed by atoms with Gasteiger partial charge in [-0.05, 0) is 78.3 Å². The van der Waals surface area contributed by atoms with Crippen LogP contribution in [-0.2, 0) is 7.05 Å². The first-order chi connectivity index (χ1) is 13.4. The van der Waals surface area contributed by atoms with Gasteiger partial charge in [0.25, 0.3) is 0 Å². The number of aromatic nitrogens is 2. The molecule has 2 aromatic heterocycles. The van der Waals surface area contributed by atoms with E-state index in [-0.39, 0.29) is 0 Å². The minimum atomic E-state index is 0.421. The molecule has 3 nitrogen and oxygen atoms in total. The lowest BCUT2D eigenvalue weighted by Gasteiger charge is -2.20. The zero-order valence-corrected chi connectivity index (χ0v) is 17.9. The van der Waals surface area contributed by atoms with E-state index in [1.807, 2.05) is 6.20 Å². The molecule has 4 aromatic rings. The molecule has 0 aliphatic heterocycles. The van der Waals surface area contributed by atoms with Gasteiger partial charge in [0.2, 0.25) is 0 Å². The lowest BCUT2D eigenvalue weighted by Crippen LogP contribution is -2.12. The Kier molecular flexibility index (Phi) is 4.70. The van der Waals surface area contributed by atoms with Crippen molar-refractivity contribution in [1.82, 2.24) is 9.55 Å². The van der Waals surface area contributed by atoms with Crippen LogP contribution in [0.3, 0.4) is 0 Å². The van der Waals surface area contributed by atoms with Crippen LogP contribution >= 0.6 is 0 Å². The maximum absolute atomic E-state index is 3.73. The van der Waals surface area contributed by atoms with E-state index in [2.05, 4.69) is 93.1 Å². The Labute approximate surface area is 167 Å². The molecule has 146 valence electrons. The van der Waals surface area contributed by atoms with Crippen molar-refractivity contribution < 1.29 is 0 Å². The zero-order chi connectivity index (χ0) is 20.0. The number of nitrogens with one attached hydrogen (secondary N) is 2. The SMILES string of the molecule is Cc1cc2[nH]ccc2c(C(C)CNc2cc(C(C)C)c3ccn(C)c3c2)c1C. The number of fused-ring (bicyclic) bond motifs is 2. The van der Waals surface area contributed by atoms with Crippen LogP contribution in [-0.4, -0.2) is 16.1 Å². The number of rotatable bonds is 5. The smallest absolute Gasteiger partial charge is 0.0501 e. The Hall–Kier alpha value is -2.68. The normalized spacial score (nSPS) is 13.0. The molecular weight excluding hydrogens is 342 g/mol. The summed E-state index contributed by atoms with van der Waals surface area (Å²) < 4.78 is 2.21. The summed E-state index contributed by atoms with van der Waals surface area (Å²) in [5, 5.41) is 6.43. The van der Waals surface area contributed by atoms with E-state index < -0.39 is 0 Å². The molecule has 3 heteroatoms. The number of nitrogens with zero attached hydrogens (tertiary/aromatic N) is 1. The predicted octanol–water partition coefficient (Wildman–Crippen LogP) is 6.62. The van der Waals surface area contributed by atoms with Crippen LogP contribution in [0.2, 0.25) is 0 Å². The number of aromatic amines is 1. The lowest BCUT2D eigenvalue weighted by molar-refractivity contribution is 0.803. The molecule has 0 saturated heterocycles. The second-order valence-electron chi connectivity index (χ2n) is 8.53. The van der Waals surface area contributed by atoms with Crippen molar-refractivity contribution in [1.29, 1.82) is 0 Å². The summed E-state index contributed by atoms with van der Waals surface area (Å²) in [5.74, 6) is 0.924. The van der Waals surface area contributed by atoms with Crippen molar-refractivity contribution in [2.45, 2.75) is 46.5 Å². The standard InChI is InChI=1S/C25H31N3/c1-15(2)22-12-19(13-24-20(22)8-10-28(24)6)27-14-17(4)25-18(5)16(3)11-23-21(25)7-9-26-23/h7-13,15,17,26-27H,14H2,1-6H3. The predicted molar refractivity (Wildman–Crippen MR) is 122 cm³/mol. The van der Waals surface area contributed by atoms with Crippen molar-refractivity contribution >= 4 is 27.5 Å². The first-order valence-corrected chi connectivity index (χ1v) is 10.3. The molecule has 1 unspecified atom stereocenters. The van der Waals surface area contributed by atoms with Crippen LogP contribution in [0.5, 0.6) is 0 Å². The van der Waals surface area contributed by atoms with Crippen LogP contribution in [0.1, 0.15) is 54.9 Å². The van der Waals surface area contributed by atoms with Gasteiger partial charge in [-0.25, -0.2) is 0 Å². The maximum Gasteiger partial charge on any atom is 0.0501 e. The number of hydrogen-bond donors (Lipinski definition) is 2. The van der Waals surface area contributed by atoms with Gasteiger partial charge in [-0.3, -0.25) is 0 Å². The number of aryl methyl sites for hydroxylation is 2. The molecule has 0 amide bonds. The number of benzene rings is 2. The van der Waals surface area contributed by atoms with Crippen molar-refractivity contribution in [2.24, 2.45) is 7.05 Å². The second-order valence-corrected chi connectivity index (χ2v) is 8.53. The van der Waals surface area contributed by atoms with Gasteiger partial charge in [-0.2, -0.15) is 0 Å². The van der Waals surface area contributed by atoms with Gasteiger partial charge in [-0.15, -0.1) is 0 Å². The first kappa shape index (κ1) is 18.7. The average Bonchev–Trinajstić information content (AvgIpc) is 3.26. The van der Waals surface area contributed by atoms with Gasteiger partial charge in [0.05, 0.1) is 5.52 Å². The van der Waals surface area contributed by atoms with Gasteiger partial charge in [-0.1, -0.05) is 20.8 Å². The van der Waals surface area contributed by atoms with Crippen molar-refractivity contribution in [3.05, 3.63) is 65.0 Å². The fourth-order valence-corrected chi connectivity index (χ4v) is 4.46. The molecule has 0 bridgehead atoms. The largest absolute Gasteiger partial charge is 0.384 e. The molecule has 0 fully saturated rings. The Morgan fingerprint density at radius 3 is 2.57 bits per heavy atom. The molecule has 2 N–H and O–H groups in total. The van der Waals surface area contributed by atoms with E-state index in [4.69, 9.17) is 0 Å². The van der Waals surface area contributed by atoms with Gasteiger partial charge < -0.3 is 14.9 Å². The van der Waals surface area contributed by atoms with E-state index in [0.29, 0.717) is 11.8 Å². The molecule has 0 spiro atoms. The third-order valence-corrected chi connectivity index (χ3v) is 6.19. The van der Waals surface area contributed by atoms with E-state index >= 15 is 0 Å². The molecule has 0 aliphatic carbocycles. The maximum atomic E-state index is 3.73. The average molecular weight is 374 g/mol. The topological polar surface area (TPSA) is 32.8 Å². The Bertz CT molecular complexity index is 1140. The van der Waals surface area contributed by atoms with Gasteiger partial charge in [0.15, 0.2) is 0 Å². The zero-order valence-electron chi connectivity index (χ0n) is 17.9. The quantitative estimate of drug-likeness (QED) is 0.405. The summed E-state index contributed by atoms with van der Waals surface area (Å²) in [6.07, 6.45) is 4.20. The first-order valence-electron chi connectivity index (χ1n) is 10.3. The van der Waals surface area contributed by atoms with Crippen LogP contribution in [0.15, 0.2) is 42.7 Å². The molecule has 2 aromatic carbocycles. The Morgan fingerprint density at radius 1 is 1.04 bits per heavy atom. The number of H-pyrrole nitrogens is 1. The van der Waals surface area contributed by atoms with E-state index in [0.717, 1.165) is 6.54 Å². The van der Waals surface area contributed by atoms with Gasteiger partial charge >= 0.3 is 0 Å². The van der Waals surface area contributed by atoms with Crippen molar-refractivity contribution in [2.75, 3.05) is 11.9 Å². The molecule has 0 saturated carbocycles. The molecule has 0 aliphatic rings. The fraction of sp³-hybridized carbons (Fsp3) is 0.360. The Balaban J connectivity index is 1.66. The van der Waals surface area contributed by atoms with Crippen LogP contribution in [0, 0.1) is 13.8 Å². The van der Waals surface area contributed by atoms with E-state index in [9.17, 15) is 0 Å². The van der Waals surface area contributed by atoms with Crippen LogP contribution in [0.25, 0.3) is 21.8 Å². The second kappa shape index (κ2) is 7.05. The highest BCUT2D eigenvalue weighted by molar-refractivity contribution is 5.88. The summed E-state index contributed by atoms with van der Waals surface area (Å²) in [6.45, 7) is 12.2. The highest BCUT2D eigenvalue weighted by Crippen LogP contribution is 2.33. The lowest BCUT2D eigenvalue weighted by atomic mass is 9.90. The Morgan fingerprint density at radius 2 is 1.82 bits per heavy atom. The van der Waals surface area contributed by atoms with E-state index in [1.165, 1.54) is 49.7 Å². The third kappa shape index (κ3) is 3.09. The van der Waals surface area contributed by atoms with Crippen LogP contribution < -0.4 is 5.32 Å². The molecule has 1 atom stereocenters. The molecule has 28 heavy (non-hydrogen) atoms. The van der Waals surface area contributed by atoms with Gasteiger partial charge in [0.1, 0.15) is 0 Å². The monoisotopic (exact) mass is 373 g/mol. The molecule has 4 rings (SSSR count). The highest BCUT2D eigenvalue weighted by Gasteiger charge is 2.16.